The molecule has 0 atom stereocenters. The molecule has 0 unspecified atom stereocenters. The number of aromatic nitrogens is 4. The fraction of sp³-hybridized carbons (Fsp3) is 0.192. The van der Waals surface area contributed by atoms with E-state index in [-0.39, 0.29) is 17.8 Å². The number of rotatable bonds is 7. The lowest BCUT2D eigenvalue weighted by Gasteiger charge is -2.26. The first-order valence-electron chi connectivity index (χ1n) is 11.6. The summed E-state index contributed by atoms with van der Waals surface area (Å²) in [5.41, 5.74) is 10.1. The van der Waals surface area contributed by atoms with Crippen molar-refractivity contribution in [1.29, 1.82) is 0 Å². The standard InChI is InChI=1S/C26H24FN7O3/c1-14(27)25(35)31-18-9-6-15(7-10-18)22-21(23-24(28)29-13-30-34(23)33-22)16-8-11-19(20(12-16)37-2)26(36)32-17-4-3-5-17/h6-13,17H,1,3-5H2,2H3,(H,31,35)(H,32,36)(H2,28,29,30). The molecule has 2 aromatic heterocycles. The summed E-state index contributed by atoms with van der Waals surface area (Å²) >= 11 is 0. The van der Waals surface area contributed by atoms with Gasteiger partial charge in [-0.15, -0.1) is 14.8 Å². The summed E-state index contributed by atoms with van der Waals surface area (Å²) in [6.07, 6.45) is 4.37. The van der Waals surface area contributed by atoms with Crippen molar-refractivity contribution in [1.82, 2.24) is 25.1 Å². The van der Waals surface area contributed by atoms with Crippen LogP contribution in [0.3, 0.4) is 0 Å². The summed E-state index contributed by atoms with van der Waals surface area (Å²) in [6, 6.07) is 12.1. The van der Waals surface area contributed by atoms with Gasteiger partial charge < -0.3 is 21.1 Å². The number of nitrogens with zero attached hydrogens (tertiary/aromatic N) is 4. The number of amides is 2. The van der Waals surface area contributed by atoms with Gasteiger partial charge in [-0.25, -0.2) is 9.37 Å². The Balaban J connectivity index is 1.58. The van der Waals surface area contributed by atoms with Gasteiger partial charge in [0.05, 0.1) is 12.7 Å². The first kappa shape index (κ1) is 23.9. The van der Waals surface area contributed by atoms with Crippen LogP contribution >= 0.6 is 0 Å². The molecule has 10 nitrogen and oxygen atoms in total. The molecule has 4 N–H and O–H groups in total. The number of hydrogen-bond donors (Lipinski definition) is 3. The molecule has 2 aromatic carbocycles. The monoisotopic (exact) mass is 501 g/mol. The third kappa shape index (κ3) is 4.58. The summed E-state index contributed by atoms with van der Waals surface area (Å²) in [7, 11) is 1.51. The van der Waals surface area contributed by atoms with Crippen LogP contribution in [0.15, 0.2) is 61.2 Å². The van der Waals surface area contributed by atoms with Gasteiger partial charge in [-0.3, -0.25) is 9.59 Å². The number of methoxy groups -OCH3 is 1. The Labute approximate surface area is 211 Å². The lowest BCUT2D eigenvalue weighted by molar-refractivity contribution is -0.114. The van der Waals surface area contributed by atoms with Crippen LogP contribution in [-0.2, 0) is 4.79 Å². The van der Waals surface area contributed by atoms with Gasteiger partial charge in [0.25, 0.3) is 11.8 Å². The highest BCUT2D eigenvalue weighted by Crippen LogP contribution is 2.39. The molecule has 0 saturated heterocycles. The van der Waals surface area contributed by atoms with Crippen LogP contribution in [0.25, 0.3) is 27.9 Å². The first-order valence-corrected chi connectivity index (χ1v) is 11.6. The highest BCUT2D eigenvalue weighted by molar-refractivity contribution is 6.02. The molecule has 4 aromatic rings. The van der Waals surface area contributed by atoms with E-state index >= 15 is 0 Å². The fourth-order valence-electron chi connectivity index (χ4n) is 4.15. The molecular weight excluding hydrogens is 477 g/mol. The van der Waals surface area contributed by atoms with E-state index < -0.39 is 11.7 Å². The van der Waals surface area contributed by atoms with E-state index in [1.54, 1.807) is 42.5 Å². The second-order valence-electron chi connectivity index (χ2n) is 8.66. The zero-order valence-electron chi connectivity index (χ0n) is 20.0. The average molecular weight is 502 g/mol. The molecule has 1 aliphatic rings. The van der Waals surface area contributed by atoms with Crippen molar-refractivity contribution in [2.75, 3.05) is 18.2 Å². The summed E-state index contributed by atoms with van der Waals surface area (Å²) in [4.78, 5) is 28.5. The minimum atomic E-state index is -1.08. The number of nitrogen functional groups attached to an aromatic ring is 1. The molecule has 11 heteroatoms. The number of fused-ring (bicyclic) bond motifs is 1. The molecule has 1 saturated carbocycles. The van der Waals surface area contributed by atoms with Crippen molar-refractivity contribution in [3.05, 3.63) is 66.8 Å². The smallest absolute Gasteiger partial charge is 0.283 e. The topological polar surface area (TPSA) is 137 Å². The highest BCUT2D eigenvalue weighted by Gasteiger charge is 2.24. The summed E-state index contributed by atoms with van der Waals surface area (Å²) < 4.78 is 20.0. The van der Waals surface area contributed by atoms with E-state index in [1.807, 2.05) is 0 Å². The van der Waals surface area contributed by atoms with Gasteiger partial charge >= 0.3 is 0 Å². The number of nitrogens with two attached hydrogens (primary N) is 1. The molecule has 2 amide bonds. The number of carbonyl (C=O) groups is 2. The maximum Gasteiger partial charge on any atom is 0.283 e. The lowest BCUT2D eigenvalue weighted by atomic mass is 9.92. The predicted molar refractivity (Wildman–Crippen MR) is 137 cm³/mol. The van der Waals surface area contributed by atoms with Crippen molar-refractivity contribution in [2.45, 2.75) is 25.3 Å². The largest absolute Gasteiger partial charge is 0.496 e. The Bertz CT molecular complexity index is 1530. The molecule has 0 spiro atoms. The molecule has 1 aliphatic carbocycles. The maximum absolute atomic E-state index is 13.1. The van der Waals surface area contributed by atoms with Gasteiger partial charge in [-0.1, -0.05) is 24.8 Å². The second kappa shape index (κ2) is 9.69. The van der Waals surface area contributed by atoms with E-state index in [0.29, 0.717) is 44.9 Å². The van der Waals surface area contributed by atoms with Crippen LogP contribution in [0.1, 0.15) is 29.6 Å². The third-order valence-electron chi connectivity index (χ3n) is 6.31. The fourth-order valence-corrected chi connectivity index (χ4v) is 4.15. The SMILES string of the molecule is C=C(F)C(=O)Nc1ccc(-c2nn3ncnc(N)c3c2-c2ccc(C(=O)NC3CCC3)c(OC)c2)cc1. The Kier molecular flexibility index (Phi) is 6.26. The van der Waals surface area contributed by atoms with Crippen LogP contribution in [0.2, 0.25) is 0 Å². The summed E-state index contributed by atoms with van der Waals surface area (Å²) in [5.74, 6) is -1.57. The Morgan fingerprint density at radius 3 is 2.54 bits per heavy atom. The van der Waals surface area contributed by atoms with Crippen LogP contribution < -0.4 is 21.1 Å². The van der Waals surface area contributed by atoms with Gasteiger partial charge in [0.1, 0.15) is 23.3 Å². The Hall–Kier alpha value is -4.80. The molecule has 0 radical (unpaired) electrons. The zero-order chi connectivity index (χ0) is 26.1. The van der Waals surface area contributed by atoms with Crippen molar-refractivity contribution < 1.29 is 18.7 Å². The number of benzene rings is 2. The Morgan fingerprint density at radius 2 is 1.89 bits per heavy atom. The number of hydrogen-bond acceptors (Lipinski definition) is 7. The highest BCUT2D eigenvalue weighted by atomic mass is 19.1. The van der Waals surface area contributed by atoms with Crippen molar-refractivity contribution in [3.8, 4) is 28.1 Å². The average Bonchev–Trinajstić information content (AvgIpc) is 3.27. The van der Waals surface area contributed by atoms with Crippen molar-refractivity contribution in [2.24, 2.45) is 0 Å². The van der Waals surface area contributed by atoms with E-state index in [0.717, 1.165) is 19.3 Å². The number of carbonyl (C=O) groups excluding carboxylic acids is 2. The van der Waals surface area contributed by atoms with Gasteiger partial charge in [0.15, 0.2) is 11.6 Å². The molecule has 2 heterocycles. The van der Waals surface area contributed by atoms with E-state index in [2.05, 4.69) is 32.4 Å². The molecule has 188 valence electrons. The number of nitrogens with one attached hydrogen (secondary N) is 2. The van der Waals surface area contributed by atoms with E-state index in [9.17, 15) is 14.0 Å². The maximum atomic E-state index is 13.1. The number of halogens is 1. The van der Waals surface area contributed by atoms with Gasteiger partial charge in [0, 0.05) is 22.9 Å². The summed E-state index contributed by atoms with van der Waals surface area (Å²) in [6.45, 7) is 2.99. The molecule has 0 aliphatic heterocycles. The summed E-state index contributed by atoms with van der Waals surface area (Å²) in [5, 5.41) is 14.3. The third-order valence-corrected chi connectivity index (χ3v) is 6.31. The molecule has 0 bridgehead atoms. The van der Waals surface area contributed by atoms with Gasteiger partial charge in [0.2, 0.25) is 0 Å². The van der Waals surface area contributed by atoms with Crippen LogP contribution in [-0.4, -0.2) is 44.8 Å². The van der Waals surface area contributed by atoms with E-state index in [4.69, 9.17) is 10.5 Å². The van der Waals surface area contributed by atoms with Crippen LogP contribution in [0.4, 0.5) is 15.9 Å². The number of ether oxygens (including phenoxy) is 1. The minimum absolute atomic E-state index is 0.190. The molecule has 5 rings (SSSR count). The van der Waals surface area contributed by atoms with Crippen molar-refractivity contribution >= 4 is 28.8 Å². The predicted octanol–water partition coefficient (Wildman–Crippen LogP) is 3.75. The molecular formula is C26H24FN7O3. The van der Waals surface area contributed by atoms with E-state index in [1.165, 1.54) is 18.1 Å². The zero-order valence-corrected chi connectivity index (χ0v) is 20.0. The first-order chi connectivity index (χ1) is 17.9. The molecule has 37 heavy (non-hydrogen) atoms. The second-order valence-corrected chi connectivity index (χ2v) is 8.66. The number of anilines is 2. The van der Waals surface area contributed by atoms with Gasteiger partial charge in [-0.05, 0) is 49.1 Å². The van der Waals surface area contributed by atoms with Crippen LogP contribution in [0, 0.1) is 0 Å². The molecule has 1 fully saturated rings. The van der Waals surface area contributed by atoms with Crippen LogP contribution in [0.5, 0.6) is 5.75 Å². The minimum Gasteiger partial charge on any atom is -0.496 e. The Morgan fingerprint density at radius 1 is 1.16 bits per heavy atom. The normalized spacial score (nSPS) is 13.1. The lowest BCUT2D eigenvalue weighted by Crippen LogP contribution is -2.39. The van der Waals surface area contributed by atoms with Gasteiger partial charge in [-0.2, -0.15) is 0 Å². The quantitative estimate of drug-likeness (QED) is 0.328. The van der Waals surface area contributed by atoms with Crippen molar-refractivity contribution in [3.63, 3.8) is 0 Å².